The Kier molecular flexibility index (Phi) is 10.6. The van der Waals surface area contributed by atoms with Gasteiger partial charge in [0.2, 0.25) is 23.6 Å². The number of nitrogens with two attached hydrogens (primary N) is 2. The van der Waals surface area contributed by atoms with Crippen LogP contribution in [0.5, 0.6) is 5.75 Å². The van der Waals surface area contributed by atoms with E-state index in [9.17, 15) is 34.2 Å². The van der Waals surface area contributed by atoms with E-state index in [1.54, 1.807) is 32.2 Å². The Hall–Kier alpha value is -4.91. The number of carboxylic acid groups (broad SMARTS) is 1. The van der Waals surface area contributed by atoms with Crippen molar-refractivity contribution in [3.05, 3.63) is 65.9 Å². The van der Waals surface area contributed by atoms with E-state index < -0.39 is 66.1 Å². The van der Waals surface area contributed by atoms with Crippen molar-refractivity contribution in [1.82, 2.24) is 20.9 Å². The smallest absolute Gasteiger partial charge is 0.326 e. The maximum absolute atomic E-state index is 13.6. The number of carboxylic acids is 1. The number of aromatic hydroxyl groups is 1. The third kappa shape index (κ3) is 8.54. The van der Waals surface area contributed by atoms with Crippen LogP contribution in [-0.2, 0) is 36.8 Å². The number of phenols is 1. The number of aliphatic carboxylic acids is 1. The quantitative estimate of drug-likeness (QED) is 0.130. The fourth-order valence-corrected chi connectivity index (χ4v) is 4.44. The van der Waals surface area contributed by atoms with Crippen molar-refractivity contribution >= 4 is 40.5 Å². The second kappa shape index (κ2) is 14.1. The highest BCUT2D eigenvalue weighted by atomic mass is 16.4. The fourth-order valence-electron chi connectivity index (χ4n) is 4.44. The molecule has 1 heterocycles. The molecule has 13 nitrogen and oxygen atoms in total. The van der Waals surface area contributed by atoms with E-state index in [1.165, 1.54) is 12.1 Å². The van der Waals surface area contributed by atoms with Crippen molar-refractivity contribution in [2.45, 2.75) is 57.3 Å². The summed E-state index contributed by atoms with van der Waals surface area (Å²) >= 11 is 0. The number of hydrogen-bond donors (Lipinski definition) is 8. The summed E-state index contributed by atoms with van der Waals surface area (Å²) in [4.78, 5) is 66.1. The lowest BCUT2D eigenvalue weighted by molar-refractivity contribution is -0.143. The molecule has 0 saturated heterocycles. The lowest BCUT2D eigenvalue weighted by Gasteiger charge is -2.25. The summed E-state index contributed by atoms with van der Waals surface area (Å²) in [6.07, 6.45) is 1.21. The van der Waals surface area contributed by atoms with Crippen LogP contribution < -0.4 is 27.4 Å². The normalized spacial score (nSPS) is 14.0. The highest BCUT2D eigenvalue weighted by molar-refractivity contribution is 5.96. The summed E-state index contributed by atoms with van der Waals surface area (Å²) in [6, 6.07) is 8.46. The van der Waals surface area contributed by atoms with Crippen LogP contribution in [0.15, 0.2) is 54.7 Å². The van der Waals surface area contributed by atoms with Gasteiger partial charge >= 0.3 is 5.97 Å². The topological polar surface area (TPSA) is 230 Å². The Bertz CT molecular complexity index is 1440. The first-order valence-corrected chi connectivity index (χ1v) is 13.4. The zero-order valence-electron chi connectivity index (χ0n) is 23.3. The van der Waals surface area contributed by atoms with E-state index in [0.717, 1.165) is 10.9 Å². The lowest BCUT2D eigenvalue weighted by atomic mass is 10.0. The van der Waals surface area contributed by atoms with Gasteiger partial charge in [0.1, 0.15) is 23.9 Å². The molecule has 0 aliphatic carbocycles. The summed E-state index contributed by atoms with van der Waals surface area (Å²) in [5.74, 6) is -4.97. The van der Waals surface area contributed by atoms with E-state index in [4.69, 9.17) is 11.5 Å². The van der Waals surface area contributed by atoms with E-state index >= 15 is 0 Å². The molecule has 1 aromatic heterocycles. The summed E-state index contributed by atoms with van der Waals surface area (Å²) in [6.45, 7) is 3.18. The van der Waals surface area contributed by atoms with E-state index in [2.05, 4.69) is 20.9 Å². The van der Waals surface area contributed by atoms with Crippen molar-refractivity contribution < 1.29 is 34.2 Å². The molecule has 0 saturated carbocycles. The molecule has 0 fully saturated rings. The summed E-state index contributed by atoms with van der Waals surface area (Å²) in [7, 11) is 0. The van der Waals surface area contributed by atoms with Crippen LogP contribution in [0.25, 0.3) is 10.9 Å². The van der Waals surface area contributed by atoms with Crippen LogP contribution in [0.2, 0.25) is 0 Å². The van der Waals surface area contributed by atoms with Gasteiger partial charge in [-0.25, -0.2) is 4.79 Å². The minimum atomic E-state index is -1.50. The number of carbonyl (C=O) groups is 5. The van der Waals surface area contributed by atoms with Crippen LogP contribution in [-0.4, -0.2) is 69.0 Å². The van der Waals surface area contributed by atoms with Gasteiger partial charge in [-0.3, -0.25) is 19.2 Å². The minimum absolute atomic E-state index is 0.00215. The second-order valence-electron chi connectivity index (χ2n) is 10.4. The Morgan fingerprint density at radius 3 is 2.10 bits per heavy atom. The van der Waals surface area contributed by atoms with E-state index in [1.807, 2.05) is 24.3 Å². The third-order valence-corrected chi connectivity index (χ3v) is 6.73. The average Bonchev–Trinajstić information content (AvgIpc) is 3.34. The fraction of sp³-hybridized carbons (Fsp3) is 0.345. The average molecular weight is 581 g/mol. The van der Waals surface area contributed by atoms with Crippen molar-refractivity contribution in [3.8, 4) is 5.75 Å². The predicted molar refractivity (Wildman–Crippen MR) is 154 cm³/mol. The number of amides is 4. The Morgan fingerprint density at radius 2 is 1.48 bits per heavy atom. The van der Waals surface area contributed by atoms with Gasteiger partial charge < -0.3 is 42.6 Å². The van der Waals surface area contributed by atoms with Crippen LogP contribution in [0.3, 0.4) is 0 Å². The molecule has 4 atom stereocenters. The number of benzene rings is 2. The summed E-state index contributed by atoms with van der Waals surface area (Å²) < 4.78 is 0. The molecule has 3 aromatic rings. The highest BCUT2D eigenvalue weighted by Gasteiger charge is 2.32. The lowest BCUT2D eigenvalue weighted by Crippen LogP contribution is -2.58. The first kappa shape index (κ1) is 31.6. The minimum Gasteiger partial charge on any atom is -0.508 e. The van der Waals surface area contributed by atoms with E-state index in [0.29, 0.717) is 11.1 Å². The zero-order valence-corrected chi connectivity index (χ0v) is 23.3. The molecule has 0 spiro atoms. The SMILES string of the molecule is CC(C)C(NC(=O)C(CC(N)=O)NC(=O)C(Cc1c[nH]c2ccccc12)NC(=O)C(N)Cc1ccc(O)cc1)C(=O)O. The molecule has 3 rings (SSSR count). The molecule has 4 amide bonds. The number of rotatable bonds is 14. The Balaban J connectivity index is 1.84. The van der Waals surface area contributed by atoms with Gasteiger partial charge in [0, 0.05) is 23.5 Å². The van der Waals surface area contributed by atoms with E-state index in [-0.39, 0.29) is 18.6 Å². The summed E-state index contributed by atoms with van der Waals surface area (Å²) in [5.41, 5.74) is 13.6. The molecule has 4 unspecified atom stereocenters. The number of hydrogen-bond acceptors (Lipinski definition) is 7. The van der Waals surface area contributed by atoms with Crippen LogP contribution in [0.1, 0.15) is 31.4 Å². The molecular formula is C29H36N6O7. The predicted octanol–water partition coefficient (Wildman–Crippen LogP) is 0.0564. The molecule has 0 aliphatic rings. The van der Waals surface area contributed by atoms with Crippen LogP contribution in [0, 0.1) is 5.92 Å². The first-order chi connectivity index (χ1) is 19.8. The number of aromatic amines is 1. The molecular weight excluding hydrogens is 544 g/mol. The third-order valence-electron chi connectivity index (χ3n) is 6.73. The highest BCUT2D eigenvalue weighted by Crippen LogP contribution is 2.19. The van der Waals surface area contributed by atoms with Gasteiger partial charge in [0.25, 0.3) is 0 Å². The molecule has 0 aliphatic heterocycles. The maximum Gasteiger partial charge on any atom is 0.326 e. The molecule has 42 heavy (non-hydrogen) atoms. The molecule has 224 valence electrons. The van der Waals surface area contributed by atoms with Gasteiger partial charge in [-0.15, -0.1) is 0 Å². The number of H-pyrrole nitrogens is 1. The van der Waals surface area contributed by atoms with Gasteiger partial charge in [0.15, 0.2) is 0 Å². The second-order valence-corrected chi connectivity index (χ2v) is 10.4. The Morgan fingerprint density at radius 1 is 0.857 bits per heavy atom. The number of nitrogens with one attached hydrogen (secondary N) is 4. The number of phenolic OH excluding ortho intramolecular Hbond substituents is 1. The first-order valence-electron chi connectivity index (χ1n) is 13.4. The van der Waals surface area contributed by atoms with Crippen molar-refractivity contribution in [2.75, 3.05) is 0 Å². The number of primary amides is 1. The zero-order chi connectivity index (χ0) is 31.0. The van der Waals surface area contributed by atoms with Crippen LogP contribution >= 0.6 is 0 Å². The molecule has 2 aromatic carbocycles. The van der Waals surface area contributed by atoms with Crippen LogP contribution in [0.4, 0.5) is 0 Å². The standard InChI is InChI=1S/C29H36N6O7/c1-15(2)25(29(41)42)35-28(40)23(13-24(31)37)34-27(39)22(12-17-14-32-21-6-4-3-5-19(17)21)33-26(38)20(30)11-16-7-9-18(36)10-8-16/h3-10,14-15,20,22-23,25,32,36H,11-13,30H2,1-2H3,(H2,31,37)(H,33,38)(H,34,39)(H,35,40)(H,41,42). The summed E-state index contributed by atoms with van der Waals surface area (Å²) in [5, 5.41) is 27.2. The van der Waals surface area contributed by atoms with Gasteiger partial charge in [-0.1, -0.05) is 44.2 Å². The number of para-hydroxylation sites is 1. The van der Waals surface area contributed by atoms with Gasteiger partial charge in [-0.05, 0) is 41.7 Å². The van der Waals surface area contributed by atoms with Crippen molar-refractivity contribution in [3.63, 3.8) is 0 Å². The molecule has 13 heteroatoms. The number of fused-ring (bicyclic) bond motifs is 1. The largest absolute Gasteiger partial charge is 0.508 e. The van der Waals surface area contributed by atoms with Crippen molar-refractivity contribution in [1.29, 1.82) is 0 Å². The van der Waals surface area contributed by atoms with Crippen molar-refractivity contribution in [2.24, 2.45) is 17.4 Å². The molecule has 0 bridgehead atoms. The molecule has 0 radical (unpaired) electrons. The Labute approximate surface area is 242 Å². The number of carbonyl (C=O) groups excluding carboxylic acids is 4. The van der Waals surface area contributed by atoms with Gasteiger partial charge in [0.05, 0.1) is 12.5 Å². The monoisotopic (exact) mass is 580 g/mol. The maximum atomic E-state index is 13.6. The van der Waals surface area contributed by atoms with Gasteiger partial charge in [-0.2, -0.15) is 0 Å². The number of aromatic nitrogens is 1. The molecule has 10 N–H and O–H groups in total.